The molecule has 2 aromatic carbocycles. The van der Waals surface area contributed by atoms with Crippen LogP contribution in [0.25, 0.3) is 0 Å². The van der Waals surface area contributed by atoms with Crippen molar-refractivity contribution in [1.82, 2.24) is 5.32 Å². The number of carbonyl (C=O) groups excluding carboxylic acids is 1. The molecule has 39 heavy (non-hydrogen) atoms. The number of aliphatic hydroxyl groups is 1. The average Bonchev–Trinajstić information content (AvgIpc) is 3.27. The summed E-state index contributed by atoms with van der Waals surface area (Å²) in [5, 5.41) is 13.2. The quantitative estimate of drug-likeness (QED) is 0.367. The van der Waals surface area contributed by atoms with E-state index in [4.69, 9.17) is 0 Å². The van der Waals surface area contributed by atoms with Gasteiger partial charge in [-0.25, -0.2) is 17.2 Å². The summed E-state index contributed by atoms with van der Waals surface area (Å²) in [5.74, 6) is -2.46. The van der Waals surface area contributed by atoms with Gasteiger partial charge in [-0.15, -0.1) is 0 Å². The molecular weight excluding hydrogens is 541 g/mol. The van der Waals surface area contributed by atoms with Crippen LogP contribution in [0.3, 0.4) is 0 Å². The van der Waals surface area contributed by atoms with Crippen LogP contribution in [-0.2, 0) is 31.5 Å². The molecule has 5 nitrogen and oxygen atoms in total. The van der Waals surface area contributed by atoms with Crippen molar-refractivity contribution >= 4 is 15.7 Å². The predicted octanol–water partition coefficient (Wildman–Crippen LogP) is 5.25. The summed E-state index contributed by atoms with van der Waals surface area (Å²) < 4.78 is 95.8. The number of halogens is 5. The van der Waals surface area contributed by atoms with Crippen LogP contribution in [0.15, 0.2) is 47.4 Å². The van der Waals surface area contributed by atoms with Crippen molar-refractivity contribution in [3.8, 4) is 0 Å². The minimum atomic E-state index is -5.17. The van der Waals surface area contributed by atoms with Crippen molar-refractivity contribution in [2.75, 3.05) is 6.54 Å². The van der Waals surface area contributed by atoms with Gasteiger partial charge in [0.15, 0.2) is 9.84 Å². The molecule has 3 aliphatic carbocycles. The Bertz CT molecular complexity index is 1390. The number of fused-ring (bicyclic) bond motifs is 3. The Labute approximate surface area is 223 Å². The van der Waals surface area contributed by atoms with E-state index in [0.29, 0.717) is 19.8 Å². The molecule has 0 radical (unpaired) electrons. The highest BCUT2D eigenvalue weighted by Crippen LogP contribution is 2.59. The number of hydrogen-bond donors (Lipinski definition) is 2. The minimum Gasteiger partial charge on any atom is -0.388 e. The third-order valence-corrected chi connectivity index (χ3v) is 11.7. The molecule has 1 amide bonds. The number of carbonyl (C=O) groups is 1. The molecule has 2 saturated carbocycles. The monoisotopic (exact) mass is 571 g/mol. The molecule has 0 heterocycles. The molecule has 2 fully saturated rings. The zero-order valence-corrected chi connectivity index (χ0v) is 22.1. The molecule has 0 saturated heterocycles. The predicted molar refractivity (Wildman–Crippen MR) is 133 cm³/mol. The maximum absolute atomic E-state index is 14.8. The van der Waals surface area contributed by atoms with Gasteiger partial charge in [-0.1, -0.05) is 18.2 Å². The van der Waals surface area contributed by atoms with Gasteiger partial charge in [-0.3, -0.25) is 4.79 Å². The maximum Gasteiger partial charge on any atom is 0.426 e. The fourth-order valence-electron chi connectivity index (χ4n) is 6.59. The van der Waals surface area contributed by atoms with Crippen molar-refractivity contribution in [2.45, 2.75) is 79.0 Å². The lowest BCUT2D eigenvalue weighted by Gasteiger charge is -2.43. The zero-order chi connectivity index (χ0) is 28.4. The Balaban J connectivity index is 1.59. The number of hydrogen-bond acceptors (Lipinski definition) is 4. The summed E-state index contributed by atoms with van der Waals surface area (Å²) in [4.78, 5) is 13.1. The van der Waals surface area contributed by atoms with Crippen LogP contribution in [0.2, 0.25) is 0 Å². The van der Waals surface area contributed by atoms with Crippen LogP contribution < -0.4 is 5.32 Å². The zero-order valence-electron chi connectivity index (χ0n) is 21.3. The standard InChI is InChI=1S/C28H30F5NO4S/c1-25(30,28(31,32)33)18-4-10-22-17(15-18)3-9-23-21(24(35)34-16-26(36)12-2-13-26)11-14-27(22,23)39(37,38)20-7-5-19(29)6-8-20/h4-8,10,15,21,23,36H,2-3,9,11-14,16H2,1H3,(H,34,35)/t21-,23+,25?,27-/m1/s1. The Morgan fingerprint density at radius 2 is 1.72 bits per heavy atom. The van der Waals surface area contributed by atoms with Crippen molar-refractivity contribution < 1.29 is 40.3 Å². The first-order valence-electron chi connectivity index (χ1n) is 13.0. The molecule has 0 aromatic heterocycles. The van der Waals surface area contributed by atoms with Gasteiger partial charge in [0.1, 0.15) is 10.6 Å². The largest absolute Gasteiger partial charge is 0.426 e. The molecule has 11 heteroatoms. The van der Waals surface area contributed by atoms with E-state index in [0.717, 1.165) is 42.8 Å². The molecule has 5 rings (SSSR count). The lowest BCUT2D eigenvalue weighted by Crippen LogP contribution is -2.51. The second-order valence-corrected chi connectivity index (χ2v) is 13.5. The van der Waals surface area contributed by atoms with Gasteiger partial charge in [0.05, 0.1) is 10.5 Å². The van der Waals surface area contributed by atoms with Crippen molar-refractivity contribution in [2.24, 2.45) is 11.8 Å². The lowest BCUT2D eigenvalue weighted by atomic mass is 9.72. The van der Waals surface area contributed by atoms with Crippen LogP contribution in [0.1, 0.15) is 62.1 Å². The highest BCUT2D eigenvalue weighted by Gasteiger charge is 2.62. The van der Waals surface area contributed by atoms with E-state index in [1.54, 1.807) is 0 Å². The van der Waals surface area contributed by atoms with E-state index in [1.807, 2.05) is 0 Å². The summed E-state index contributed by atoms with van der Waals surface area (Å²) >= 11 is 0. The van der Waals surface area contributed by atoms with Crippen LogP contribution >= 0.6 is 0 Å². The van der Waals surface area contributed by atoms with Gasteiger partial charge in [-0.05, 0) is 98.7 Å². The molecule has 2 aromatic rings. The highest BCUT2D eigenvalue weighted by molar-refractivity contribution is 7.92. The van der Waals surface area contributed by atoms with E-state index >= 15 is 0 Å². The second kappa shape index (κ2) is 9.26. The summed E-state index contributed by atoms with van der Waals surface area (Å²) in [7, 11) is -4.28. The topological polar surface area (TPSA) is 83.5 Å². The number of amides is 1. The van der Waals surface area contributed by atoms with E-state index < -0.39 is 55.2 Å². The summed E-state index contributed by atoms with van der Waals surface area (Å²) in [6, 6.07) is 7.61. The minimum absolute atomic E-state index is 0.0121. The Morgan fingerprint density at radius 3 is 2.31 bits per heavy atom. The first kappa shape index (κ1) is 28.0. The summed E-state index contributed by atoms with van der Waals surface area (Å²) in [6.07, 6.45) is -2.65. The number of alkyl halides is 4. The van der Waals surface area contributed by atoms with Crippen molar-refractivity contribution in [1.29, 1.82) is 0 Å². The lowest BCUT2D eigenvalue weighted by molar-refractivity contribution is -0.228. The molecule has 2 N–H and O–H groups in total. The fraction of sp³-hybridized carbons (Fsp3) is 0.536. The Kier molecular flexibility index (Phi) is 6.65. The molecule has 1 unspecified atom stereocenters. The van der Waals surface area contributed by atoms with Crippen LogP contribution in [0.4, 0.5) is 22.0 Å². The number of aryl methyl sites for hydroxylation is 1. The van der Waals surface area contributed by atoms with Crippen LogP contribution in [-0.4, -0.2) is 37.8 Å². The van der Waals surface area contributed by atoms with Gasteiger partial charge in [0, 0.05) is 12.5 Å². The van der Waals surface area contributed by atoms with E-state index in [2.05, 4.69) is 5.32 Å². The third kappa shape index (κ3) is 4.36. The molecule has 3 aliphatic rings. The van der Waals surface area contributed by atoms with Gasteiger partial charge in [-0.2, -0.15) is 13.2 Å². The number of rotatable bonds is 6. The molecular formula is C28H30F5NO4S. The first-order chi connectivity index (χ1) is 18.1. The Morgan fingerprint density at radius 1 is 1.05 bits per heavy atom. The molecule has 0 bridgehead atoms. The van der Waals surface area contributed by atoms with Gasteiger partial charge in [0.25, 0.3) is 0 Å². The fourth-order valence-corrected chi connectivity index (χ4v) is 9.06. The van der Waals surface area contributed by atoms with E-state index in [-0.39, 0.29) is 54.2 Å². The number of nitrogens with one attached hydrogen (secondary N) is 1. The van der Waals surface area contributed by atoms with Crippen LogP contribution in [0.5, 0.6) is 0 Å². The summed E-state index contributed by atoms with van der Waals surface area (Å²) in [5.41, 5.74) is -4.70. The molecule has 0 spiro atoms. The SMILES string of the molecule is CC(F)(c1ccc2c(c1)CC[C@H]1[C@H](C(=O)NCC3(O)CCC3)CC[C@@]21S(=O)(=O)c1ccc(F)cc1)C(F)(F)F. The maximum atomic E-state index is 14.8. The van der Waals surface area contributed by atoms with Crippen molar-refractivity contribution in [3.05, 3.63) is 65.0 Å². The van der Waals surface area contributed by atoms with E-state index in [1.165, 1.54) is 6.07 Å². The van der Waals surface area contributed by atoms with Crippen molar-refractivity contribution in [3.63, 3.8) is 0 Å². The summed E-state index contributed by atoms with van der Waals surface area (Å²) in [6.45, 7) is 0.483. The second-order valence-electron chi connectivity index (χ2n) is 11.3. The van der Waals surface area contributed by atoms with Gasteiger partial charge >= 0.3 is 6.18 Å². The molecule has 4 atom stereocenters. The van der Waals surface area contributed by atoms with E-state index in [9.17, 15) is 40.3 Å². The Hall–Kier alpha value is -2.53. The third-order valence-electron chi connectivity index (χ3n) is 9.09. The number of sulfone groups is 1. The first-order valence-corrected chi connectivity index (χ1v) is 14.5. The number of benzene rings is 2. The van der Waals surface area contributed by atoms with Gasteiger partial charge in [0.2, 0.25) is 11.6 Å². The molecule has 0 aliphatic heterocycles. The average molecular weight is 572 g/mol. The molecule has 212 valence electrons. The van der Waals surface area contributed by atoms with Gasteiger partial charge < -0.3 is 10.4 Å². The highest BCUT2D eigenvalue weighted by atomic mass is 32.2. The van der Waals surface area contributed by atoms with Crippen LogP contribution in [0, 0.1) is 17.7 Å². The smallest absolute Gasteiger partial charge is 0.388 e. The normalized spacial score (nSPS) is 27.6.